The highest BCUT2D eigenvalue weighted by Crippen LogP contribution is 2.55. The number of nitrogens with zero attached hydrogens (tertiary/aromatic N) is 1. The maximum atomic E-state index is 2.45. The first-order valence-electron chi connectivity index (χ1n) is 17.4. The third-order valence-corrected chi connectivity index (χ3v) is 10.4. The van der Waals surface area contributed by atoms with Crippen molar-refractivity contribution in [1.82, 2.24) is 0 Å². The fourth-order valence-corrected chi connectivity index (χ4v) is 7.90. The maximum Gasteiger partial charge on any atom is 0.0508 e. The lowest BCUT2D eigenvalue weighted by atomic mass is 9.80. The molecule has 0 saturated heterocycles. The highest BCUT2D eigenvalue weighted by atomic mass is 15.1. The number of benzene rings is 8. The molecule has 0 spiro atoms. The van der Waals surface area contributed by atoms with Crippen LogP contribution in [0, 0.1) is 0 Å². The van der Waals surface area contributed by atoms with E-state index in [1.54, 1.807) is 0 Å². The fraction of sp³-hybridized carbons (Fsp3) is 0.0612. The minimum Gasteiger partial charge on any atom is -0.310 e. The topological polar surface area (TPSA) is 3.24 Å². The first-order chi connectivity index (χ1) is 24.5. The average Bonchev–Trinajstić information content (AvgIpc) is 3.41. The molecular weight excluding hydrogens is 603 g/mol. The second-order valence-electron chi connectivity index (χ2n) is 13.8. The van der Waals surface area contributed by atoms with Gasteiger partial charge in [-0.2, -0.15) is 0 Å². The first kappa shape index (κ1) is 29.9. The van der Waals surface area contributed by atoms with Gasteiger partial charge in [-0.25, -0.2) is 0 Å². The molecule has 8 aromatic carbocycles. The van der Waals surface area contributed by atoms with Crippen molar-refractivity contribution in [3.63, 3.8) is 0 Å². The lowest BCUT2D eigenvalue weighted by Gasteiger charge is -2.32. The molecule has 9 rings (SSSR count). The Morgan fingerprint density at radius 1 is 0.360 bits per heavy atom. The third-order valence-electron chi connectivity index (χ3n) is 10.4. The summed E-state index contributed by atoms with van der Waals surface area (Å²) in [7, 11) is 0. The molecule has 1 aliphatic carbocycles. The van der Waals surface area contributed by atoms with Crippen LogP contribution in [-0.4, -0.2) is 0 Å². The smallest absolute Gasteiger partial charge is 0.0508 e. The van der Waals surface area contributed by atoms with Crippen molar-refractivity contribution in [2.75, 3.05) is 4.90 Å². The molecule has 1 nitrogen and oxygen atoms in total. The Bertz CT molecular complexity index is 2470. The van der Waals surface area contributed by atoms with Crippen molar-refractivity contribution in [2.24, 2.45) is 0 Å². The molecule has 0 atom stereocenters. The molecule has 0 heterocycles. The Hall–Kier alpha value is -6.18. The van der Waals surface area contributed by atoms with E-state index in [4.69, 9.17) is 0 Å². The van der Waals surface area contributed by atoms with Gasteiger partial charge in [-0.05, 0) is 115 Å². The van der Waals surface area contributed by atoms with Crippen LogP contribution >= 0.6 is 0 Å². The van der Waals surface area contributed by atoms with E-state index in [0.29, 0.717) is 0 Å². The quantitative estimate of drug-likeness (QED) is 0.175. The molecule has 0 amide bonds. The van der Waals surface area contributed by atoms with Crippen LogP contribution in [-0.2, 0) is 5.41 Å². The van der Waals surface area contributed by atoms with Gasteiger partial charge >= 0.3 is 0 Å². The minimum atomic E-state index is -0.189. The van der Waals surface area contributed by atoms with Gasteiger partial charge in [0.25, 0.3) is 0 Å². The van der Waals surface area contributed by atoms with Gasteiger partial charge < -0.3 is 4.90 Å². The van der Waals surface area contributed by atoms with Crippen LogP contribution in [0.5, 0.6) is 0 Å². The number of rotatable bonds is 6. The minimum absolute atomic E-state index is 0.189. The molecule has 8 aromatic rings. The van der Waals surface area contributed by atoms with E-state index >= 15 is 0 Å². The van der Waals surface area contributed by atoms with Gasteiger partial charge in [0.15, 0.2) is 0 Å². The van der Waals surface area contributed by atoms with Crippen molar-refractivity contribution < 1.29 is 0 Å². The Morgan fingerprint density at radius 2 is 0.820 bits per heavy atom. The summed E-state index contributed by atoms with van der Waals surface area (Å²) < 4.78 is 0. The van der Waals surface area contributed by atoms with Crippen LogP contribution in [0.2, 0.25) is 0 Å². The zero-order valence-corrected chi connectivity index (χ0v) is 28.3. The standard InChI is InChI=1S/C49H37N/c1-49(2)46-33-41-18-10-9-17-40(41)32-45(46)44-21-12-22-47(48(44)49)50(42-27-23-36(24-28-42)34-13-5-3-6-14-34)43-29-25-37(26-30-43)39-20-11-19-38(31-39)35-15-7-4-8-16-35/h3-33H,1-2H3. The predicted octanol–water partition coefficient (Wildman–Crippen LogP) is 13.6. The number of fused-ring (bicyclic) bond motifs is 4. The van der Waals surface area contributed by atoms with Crippen molar-refractivity contribution in [2.45, 2.75) is 19.3 Å². The molecule has 0 saturated carbocycles. The molecule has 0 aromatic heterocycles. The molecule has 50 heavy (non-hydrogen) atoms. The van der Waals surface area contributed by atoms with Crippen molar-refractivity contribution >= 4 is 27.8 Å². The average molecular weight is 640 g/mol. The second-order valence-corrected chi connectivity index (χ2v) is 13.8. The van der Waals surface area contributed by atoms with E-state index in [9.17, 15) is 0 Å². The second kappa shape index (κ2) is 12.1. The van der Waals surface area contributed by atoms with Crippen molar-refractivity contribution in [1.29, 1.82) is 0 Å². The van der Waals surface area contributed by atoms with Gasteiger partial charge in [0.1, 0.15) is 0 Å². The maximum absolute atomic E-state index is 2.45. The monoisotopic (exact) mass is 639 g/mol. The Labute approximate surface area is 294 Å². The summed E-state index contributed by atoms with van der Waals surface area (Å²) in [5, 5.41) is 2.56. The van der Waals surface area contributed by atoms with E-state index in [-0.39, 0.29) is 5.41 Å². The molecule has 0 N–H and O–H groups in total. The van der Waals surface area contributed by atoms with E-state index in [1.165, 1.54) is 72.1 Å². The van der Waals surface area contributed by atoms with Crippen molar-refractivity contribution in [3.8, 4) is 44.5 Å². The predicted molar refractivity (Wildman–Crippen MR) is 213 cm³/mol. The first-order valence-corrected chi connectivity index (χ1v) is 17.4. The summed E-state index contributed by atoms with van der Waals surface area (Å²) in [4.78, 5) is 2.45. The van der Waals surface area contributed by atoms with Crippen LogP contribution in [0.25, 0.3) is 55.3 Å². The Balaban J connectivity index is 1.18. The molecule has 0 fully saturated rings. The van der Waals surface area contributed by atoms with Crippen molar-refractivity contribution in [3.05, 3.63) is 199 Å². The van der Waals surface area contributed by atoms with Crippen LogP contribution in [0.4, 0.5) is 17.1 Å². The number of hydrogen-bond donors (Lipinski definition) is 0. The van der Waals surface area contributed by atoms with Crippen LogP contribution in [0.3, 0.4) is 0 Å². The summed E-state index contributed by atoms with van der Waals surface area (Å²) >= 11 is 0. The molecule has 0 radical (unpaired) electrons. The number of anilines is 3. The zero-order chi connectivity index (χ0) is 33.7. The summed E-state index contributed by atoms with van der Waals surface area (Å²) in [5.41, 5.74) is 16.0. The lowest BCUT2D eigenvalue weighted by Crippen LogP contribution is -2.20. The molecule has 1 heteroatoms. The van der Waals surface area contributed by atoms with Gasteiger partial charge in [-0.15, -0.1) is 0 Å². The molecular formula is C49H37N. The summed E-state index contributed by atoms with van der Waals surface area (Å²) in [6.07, 6.45) is 0. The fourth-order valence-electron chi connectivity index (χ4n) is 7.90. The molecule has 0 aliphatic heterocycles. The van der Waals surface area contributed by atoms with Crippen LogP contribution in [0.1, 0.15) is 25.0 Å². The Morgan fingerprint density at radius 3 is 1.42 bits per heavy atom. The normalized spacial score (nSPS) is 12.8. The van der Waals surface area contributed by atoms with Gasteiger partial charge in [0.05, 0.1) is 5.69 Å². The van der Waals surface area contributed by atoms with Gasteiger partial charge in [0, 0.05) is 16.8 Å². The largest absolute Gasteiger partial charge is 0.310 e. The van der Waals surface area contributed by atoms with Crippen LogP contribution in [0.15, 0.2) is 188 Å². The Kier molecular flexibility index (Phi) is 7.21. The summed E-state index contributed by atoms with van der Waals surface area (Å²) in [5.74, 6) is 0. The van der Waals surface area contributed by atoms with E-state index in [1.807, 2.05) is 0 Å². The SMILES string of the molecule is CC1(C)c2cc3ccccc3cc2-c2cccc(N(c3ccc(-c4ccccc4)cc3)c3ccc(-c4cccc(-c5ccccc5)c4)cc3)c21. The van der Waals surface area contributed by atoms with E-state index < -0.39 is 0 Å². The molecule has 238 valence electrons. The summed E-state index contributed by atoms with van der Waals surface area (Å²) in [6, 6.07) is 68.5. The van der Waals surface area contributed by atoms with Gasteiger partial charge in [0.2, 0.25) is 0 Å². The van der Waals surface area contributed by atoms with Gasteiger partial charge in [-0.3, -0.25) is 0 Å². The molecule has 0 unspecified atom stereocenters. The summed E-state index contributed by atoms with van der Waals surface area (Å²) in [6.45, 7) is 4.77. The molecule has 1 aliphatic rings. The molecule has 0 bridgehead atoms. The van der Waals surface area contributed by atoms with Crippen LogP contribution < -0.4 is 4.90 Å². The lowest BCUT2D eigenvalue weighted by molar-refractivity contribution is 0.661. The highest BCUT2D eigenvalue weighted by Gasteiger charge is 2.39. The number of hydrogen-bond acceptors (Lipinski definition) is 1. The van der Waals surface area contributed by atoms with E-state index in [0.717, 1.165) is 11.4 Å². The van der Waals surface area contributed by atoms with E-state index in [2.05, 4.69) is 207 Å². The highest BCUT2D eigenvalue weighted by molar-refractivity contribution is 5.97. The zero-order valence-electron chi connectivity index (χ0n) is 28.3. The van der Waals surface area contributed by atoms with Gasteiger partial charge in [-0.1, -0.05) is 153 Å². The third kappa shape index (κ3) is 5.11.